The van der Waals surface area contributed by atoms with Crippen LogP contribution in [-0.4, -0.2) is 43.0 Å². The van der Waals surface area contributed by atoms with Gasteiger partial charge in [-0.15, -0.1) is 10.3 Å². The molecule has 0 amide bonds. The van der Waals surface area contributed by atoms with Crippen molar-refractivity contribution in [3.63, 3.8) is 0 Å². The Balaban J connectivity index is 2.23. The van der Waals surface area contributed by atoms with E-state index < -0.39 is 25.8 Å². The maximum Gasteiger partial charge on any atom is 0.277 e. The van der Waals surface area contributed by atoms with Crippen molar-refractivity contribution in [1.29, 1.82) is 0 Å². The van der Waals surface area contributed by atoms with Crippen LogP contribution in [0.5, 0.6) is 0 Å². The molecule has 0 heterocycles. The standard InChI is InChI=1S/C19H34O5S2/c1-6-9-16(20)13-25(7-2,8-3)24-26(22,23)14-19-11-10-15(12-17(19)21)18(19,4)5/h15H,6-14H2,1-5H3. The first kappa shape index (κ1) is 21.9. The quantitative estimate of drug-likeness (QED) is 0.550. The Bertz CT molecular complexity index is 663. The minimum atomic E-state index is -3.89. The number of rotatable bonds is 10. The van der Waals surface area contributed by atoms with Crippen LogP contribution in [0, 0.1) is 16.7 Å². The van der Waals surface area contributed by atoms with Crippen molar-refractivity contribution in [1.82, 2.24) is 0 Å². The molecule has 26 heavy (non-hydrogen) atoms. The second-order valence-electron chi connectivity index (χ2n) is 8.41. The Morgan fingerprint density at radius 2 is 1.81 bits per heavy atom. The molecule has 2 fully saturated rings. The predicted octanol–water partition coefficient (Wildman–Crippen LogP) is 3.86. The summed E-state index contributed by atoms with van der Waals surface area (Å²) in [6.45, 7) is 9.77. The Morgan fingerprint density at radius 3 is 2.23 bits per heavy atom. The van der Waals surface area contributed by atoms with Gasteiger partial charge in [-0.25, -0.2) is 3.63 Å². The van der Waals surface area contributed by atoms with Gasteiger partial charge in [0.1, 0.15) is 11.6 Å². The van der Waals surface area contributed by atoms with Crippen LogP contribution in [0.15, 0.2) is 0 Å². The molecule has 0 aromatic rings. The first-order chi connectivity index (χ1) is 12.0. The van der Waals surface area contributed by atoms with E-state index in [9.17, 15) is 18.0 Å². The minimum Gasteiger partial charge on any atom is -0.299 e. The van der Waals surface area contributed by atoms with Gasteiger partial charge in [-0.05, 0) is 42.1 Å². The fourth-order valence-electron chi connectivity index (χ4n) is 4.83. The minimum absolute atomic E-state index is 0.0674. The second kappa shape index (κ2) is 7.55. The lowest BCUT2D eigenvalue weighted by Crippen LogP contribution is -2.43. The van der Waals surface area contributed by atoms with Crippen LogP contribution in [0.1, 0.15) is 66.7 Å². The summed E-state index contributed by atoms with van der Waals surface area (Å²) in [5.41, 5.74) is -1.13. The number of hydrogen-bond donors (Lipinski definition) is 0. The van der Waals surface area contributed by atoms with Gasteiger partial charge in [0.2, 0.25) is 0 Å². The largest absolute Gasteiger partial charge is 0.299 e. The van der Waals surface area contributed by atoms with E-state index >= 15 is 0 Å². The molecule has 7 heteroatoms. The van der Waals surface area contributed by atoms with Crippen LogP contribution >= 0.6 is 10.3 Å². The van der Waals surface area contributed by atoms with E-state index in [0.717, 1.165) is 12.8 Å². The van der Waals surface area contributed by atoms with E-state index in [0.29, 0.717) is 30.8 Å². The third-order valence-electron chi connectivity index (χ3n) is 6.82. The SMILES string of the molecule is CCCC(=O)CS(CC)(CC)OS(=O)(=O)CC12CCC(CC1=O)C2(C)C. The van der Waals surface area contributed by atoms with Gasteiger partial charge in [0, 0.05) is 12.8 Å². The lowest BCUT2D eigenvalue weighted by molar-refractivity contribution is -0.128. The van der Waals surface area contributed by atoms with E-state index in [1.807, 2.05) is 34.6 Å². The summed E-state index contributed by atoms with van der Waals surface area (Å²) < 4.78 is 31.8. The Hall–Kier alpha value is -0.400. The molecule has 0 spiro atoms. The lowest BCUT2D eigenvalue weighted by Gasteiger charge is -2.39. The fourth-order valence-corrected chi connectivity index (χ4v) is 10.6. The smallest absolute Gasteiger partial charge is 0.277 e. The molecule has 2 bridgehead atoms. The number of fused-ring (bicyclic) bond motifs is 2. The summed E-state index contributed by atoms with van der Waals surface area (Å²) in [5, 5.41) is 0. The Labute approximate surface area is 160 Å². The van der Waals surface area contributed by atoms with E-state index in [4.69, 9.17) is 3.63 Å². The molecule has 0 aromatic heterocycles. The van der Waals surface area contributed by atoms with Gasteiger partial charge in [0.25, 0.3) is 10.1 Å². The molecule has 0 radical (unpaired) electrons. The van der Waals surface area contributed by atoms with Crippen molar-refractivity contribution in [2.24, 2.45) is 16.7 Å². The van der Waals surface area contributed by atoms with Crippen molar-refractivity contribution < 1.29 is 21.6 Å². The van der Waals surface area contributed by atoms with Crippen molar-refractivity contribution in [3.8, 4) is 0 Å². The molecule has 2 rings (SSSR count). The molecular formula is C19H34O5S2. The summed E-state index contributed by atoms with van der Waals surface area (Å²) in [4.78, 5) is 24.8. The monoisotopic (exact) mass is 406 g/mol. The molecule has 5 nitrogen and oxygen atoms in total. The van der Waals surface area contributed by atoms with Crippen LogP contribution in [0.25, 0.3) is 0 Å². The van der Waals surface area contributed by atoms with Crippen LogP contribution in [-0.2, 0) is 23.3 Å². The molecule has 0 saturated heterocycles. The van der Waals surface area contributed by atoms with E-state index in [2.05, 4.69) is 0 Å². The van der Waals surface area contributed by atoms with Crippen molar-refractivity contribution in [3.05, 3.63) is 0 Å². The summed E-state index contributed by atoms with van der Waals surface area (Å²) in [6.07, 6.45) is 3.22. The summed E-state index contributed by atoms with van der Waals surface area (Å²) in [6, 6.07) is 0. The van der Waals surface area contributed by atoms with Crippen LogP contribution in [0.4, 0.5) is 0 Å². The van der Waals surface area contributed by atoms with Crippen molar-refractivity contribution in [2.45, 2.75) is 66.7 Å². The van der Waals surface area contributed by atoms with Crippen LogP contribution < -0.4 is 0 Å². The maximum absolute atomic E-state index is 13.0. The Kier molecular flexibility index (Phi) is 6.36. The molecule has 0 N–H and O–H groups in total. The maximum atomic E-state index is 13.0. The highest BCUT2D eigenvalue weighted by atomic mass is 32.3. The normalized spacial score (nSPS) is 28.5. The molecule has 2 aliphatic rings. The van der Waals surface area contributed by atoms with E-state index in [-0.39, 0.29) is 34.4 Å². The first-order valence-electron chi connectivity index (χ1n) is 9.72. The zero-order valence-electron chi connectivity index (χ0n) is 16.8. The van der Waals surface area contributed by atoms with Crippen molar-refractivity contribution in [2.75, 3.05) is 23.0 Å². The number of ketones is 2. The van der Waals surface area contributed by atoms with Gasteiger partial charge in [-0.1, -0.05) is 34.6 Å². The number of hydrogen-bond acceptors (Lipinski definition) is 5. The summed E-state index contributed by atoms with van der Waals surface area (Å²) in [5.74, 6) is 1.43. The van der Waals surface area contributed by atoms with Gasteiger partial charge in [0.15, 0.2) is 0 Å². The number of carbonyl (C=O) groups excluding carboxylic acids is 2. The van der Waals surface area contributed by atoms with Crippen LogP contribution in [0.3, 0.4) is 0 Å². The molecule has 2 unspecified atom stereocenters. The van der Waals surface area contributed by atoms with Crippen molar-refractivity contribution >= 4 is 32.0 Å². The molecule has 152 valence electrons. The third kappa shape index (κ3) is 3.76. The number of carbonyl (C=O) groups is 2. The zero-order chi connectivity index (χ0) is 19.8. The van der Waals surface area contributed by atoms with Gasteiger partial charge in [-0.2, -0.15) is 8.42 Å². The number of Topliss-reactive ketones (excluding diaryl/α,β-unsaturated/α-hetero) is 2. The van der Waals surface area contributed by atoms with E-state index in [1.165, 1.54) is 0 Å². The van der Waals surface area contributed by atoms with Gasteiger partial charge < -0.3 is 0 Å². The molecule has 2 aliphatic carbocycles. The van der Waals surface area contributed by atoms with Gasteiger partial charge in [0.05, 0.1) is 16.9 Å². The Morgan fingerprint density at radius 1 is 1.19 bits per heavy atom. The average molecular weight is 407 g/mol. The molecular weight excluding hydrogens is 372 g/mol. The summed E-state index contributed by atoms with van der Waals surface area (Å²) >= 11 is 0. The van der Waals surface area contributed by atoms with Gasteiger partial charge in [-0.3, -0.25) is 9.59 Å². The van der Waals surface area contributed by atoms with Gasteiger partial charge >= 0.3 is 0 Å². The molecule has 2 atom stereocenters. The predicted molar refractivity (Wildman–Crippen MR) is 107 cm³/mol. The topological polar surface area (TPSA) is 77.5 Å². The average Bonchev–Trinajstić information content (AvgIpc) is 2.87. The summed E-state index contributed by atoms with van der Waals surface area (Å²) in [7, 11) is -5.91. The first-order valence-corrected chi connectivity index (χ1v) is 13.4. The third-order valence-corrected chi connectivity index (χ3v) is 12.6. The second-order valence-corrected chi connectivity index (χ2v) is 13.7. The zero-order valence-corrected chi connectivity index (χ0v) is 18.4. The molecule has 0 aliphatic heterocycles. The highest BCUT2D eigenvalue weighted by molar-refractivity contribution is 8.33. The molecule has 0 aromatic carbocycles. The molecule has 2 saturated carbocycles. The highest BCUT2D eigenvalue weighted by Crippen LogP contribution is 2.64. The van der Waals surface area contributed by atoms with E-state index in [1.54, 1.807) is 0 Å². The van der Waals surface area contributed by atoms with Crippen LogP contribution in [0.2, 0.25) is 0 Å². The lowest BCUT2D eigenvalue weighted by atomic mass is 9.70. The fraction of sp³-hybridized carbons (Fsp3) is 0.895. The highest BCUT2D eigenvalue weighted by Gasteiger charge is 2.65.